The van der Waals surface area contributed by atoms with Gasteiger partial charge in [-0.3, -0.25) is 5.10 Å². The molecule has 1 fully saturated rings. The van der Waals surface area contributed by atoms with Crippen LogP contribution in [0, 0.1) is 0 Å². The number of H-pyrrole nitrogens is 1. The highest BCUT2D eigenvalue weighted by atomic mass is 16.6. The molecule has 0 aliphatic carbocycles. The molecular formula is C14H17N5O3. The van der Waals surface area contributed by atoms with E-state index in [1.807, 2.05) is 12.1 Å². The molecule has 3 amide bonds. The van der Waals surface area contributed by atoms with Gasteiger partial charge in [-0.2, -0.15) is 5.10 Å². The summed E-state index contributed by atoms with van der Waals surface area (Å²) in [5, 5.41) is 13.2. The summed E-state index contributed by atoms with van der Waals surface area (Å²) >= 11 is 0. The van der Waals surface area contributed by atoms with E-state index in [9.17, 15) is 9.59 Å². The van der Waals surface area contributed by atoms with Crippen LogP contribution in [-0.4, -0.2) is 53.5 Å². The first-order chi connectivity index (χ1) is 10.7. The largest absolute Gasteiger partial charge is 0.449 e. The number of anilines is 1. The molecule has 1 saturated heterocycles. The summed E-state index contributed by atoms with van der Waals surface area (Å²) in [6, 6.07) is 5.16. The van der Waals surface area contributed by atoms with Gasteiger partial charge in [-0.25, -0.2) is 9.59 Å². The van der Waals surface area contributed by atoms with E-state index in [0.29, 0.717) is 31.9 Å². The number of hydrogen-bond acceptors (Lipinski definition) is 4. The number of hydrogen-bond donors (Lipinski definition) is 3. The summed E-state index contributed by atoms with van der Waals surface area (Å²) in [6.07, 6.45) is 2.20. The fourth-order valence-corrected chi connectivity index (χ4v) is 2.30. The van der Waals surface area contributed by atoms with Crippen molar-refractivity contribution in [3.8, 4) is 0 Å². The number of fused-ring (bicyclic) bond motifs is 1. The van der Waals surface area contributed by atoms with E-state index in [4.69, 9.17) is 4.74 Å². The molecule has 1 aromatic heterocycles. The number of carbonyl (C=O) groups excluding carboxylic acids is 2. The van der Waals surface area contributed by atoms with Gasteiger partial charge in [0.05, 0.1) is 18.3 Å². The molecule has 2 heterocycles. The molecule has 1 aromatic carbocycles. The lowest BCUT2D eigenvalue weighted by Gasteiger charge is -2.26. The Labute approximate surface area is 126 Å². The maximum atomic E-state index is 11.8. The zero-order valence-corrected chi connectivity index (χ0v) is 12.0. The summed E-state index contributed by atoms with van der Waals surface area (Å²) < 4.78 is 4.93. The third-order valence-corrected chi connectivity index (χ3v) is 3.42. The van der Waals surface area contributed by atoms with Gasteiger partial charge in [-0.15, -0.1) is 0 Å². The van der Waals surface area contributed by atoms with E-state index in [0.717, 1.165) is 17.3 Å². The van der Waals surface area contributed by atoms with Gasteiger partial charge in [0.15, 0.2) is 0 Å². The highest BCUT2D eigenvalue weighted by Crippen LogP contribution is 2.16. The first-order valence-corrected chi connectivity index (χ1v) is 7.12. The van der Waals surface area contributed by atoms with Crippen molar-refractivity contribution in [3.05, 3.63) is 24.4 Å². The zero-order chi connectivity index (χ0) is 15.4. The van der Waals surface area contributed by atoms with Crippen molar-refractivity contribution in [2.24, 2.45) is 0 Å². The summed E-state index contributed by atoms with van der Waals surface area (Å²) in [5.74, 6) is 0. The Morgan fingerprint density at radius 1 is 1.45 bits per heavy atom. The van der Waals surface area contributed by atoms with Gasteiger partial charge in [0, 0.05) is 30.7 Å². The van der Waals surface area contributed by atoms with Crippen LogP contribution < -0.4 is 10.6 Å². The highest BCUT2D eigenvalue weighted by molar-refractivity contribution is 5.92. The molecule has 2 aromatic rings. The number of ether oxygens (including phenoxy) is 1. The van der Waals surface area contributed by atoms with Crippen molar-refractivity contribution >= 4 is 28.7 Å². The van der Waals surface area contributed by atoms with Crippen LogP contribution >= 0.6 is 0 Å². The Hall–Kier alpha value is -2.77. The number of amides is 3. The molecule has 1 aliphatic heterocycles. The van der Waals surface area contributed by atoms with Crippen LogP contribution in [0.2, 0.25) is 0 Å². The second-order valence-electron chi connectivity index (χ2n) is 5.01. The fraction of sp³-hybridized carbons (Fsp3) is 0.357. The van der Waals surface area contributed by atoms with Crippen LogP contribution in [0.15, 0.2) is 24.4 Å². The Kier molecular flexibility index (Phi) is 4.08. The molecule has 0 saturated carbocycles. The fourth-order valence-electron chi connectivity index (χ4n) is 2.30. The normalized spacial score (nSPS) is 14.7. The minimum atomic E-state index is -0.320. The monoisotopic (exact) mass is 303 g/mol. The Balaban J connectivity index is 1.46. The Morgan fingerprint density at radius 3 is 3.23 bits per heavy atom. The van der Waals surface area contributed by atoms with Gasteiger partial charge in [0.25, 0.3) is 0 Å². The van der Waals surface area contributed by atoms with Gasteiger partial charge in [0.2, 0.25) is 0 Å². The number of cyclic esters (lactones) is 1. The predicted octanol–water partition coefficient (Wildman–Crippen LogP) is 1.53. The van der Waals surface area contributed by atoms with Crippen LogP contribution in [0.25, 0.3) is 10.9 Å². The van der Waals surface area contributed by atoms with Crippen LogP contribution in [0.5, 0.6) is 0 Å². The first-order valence-electron chi connectivity index (χ1n) is 7.12. The quantitative estimate of drug-likeness (QED) is 0.797. The standard InChI is InChI=1S/C14H17N5O3/c20-13(15-4-6-19-5-1-7-22-14(19)21)17-11-2-3-12-10(8-11)9-16-18-12/h2-3,8-9H,1,4-7H2,(H,16,18)(H2,15,17,20). The first kappa shape index (κ1) is 14.2. The van der Waals surface area contributed by atoms with Crippen LogP contribution in [-0.2, 0) is 4.74 Å². The number of benzene rings is 1. The Morgan fingerprint density at radius 2 is 2.36 bits per heavy atom. The molecule has 116 valence electrons. The van der Waals surface area contributed by atoms with Crippen molar-refractivity contribution in [2.45, 2.75) is 6.42 Å². The number of urea groups is 1. The minimum Gasteiger partial charge on any atom is -0.449 e. The maximum Gasteiger partial charge on any atom is 0.409 e. The van der Waals surface area contributed by atoms with E-state index in [2.05, 4.69) is 20.8 Å². The van der Waals surface area contributed by atoms with Crippen LogP contribution in [0.1, 0.15) is 6.42 Å². The SMILES string of the molecule is O=C(NCCN1CCCOC1=O)Nc1ccc2[nH]ncc2c1. The molecule has 0 spiro atoms. The lowest BCUT2D eigenvalue weighted by atomic mass is 10.2. The second-order valence-corrected chi connectivity index (χ2v) is 5.01. The number of nitrogens with one attached hydrogen (secondary N) is 3. The lowest BCUT2D eigenvalue weighted by molar-refractivity contribution is 0.0736. The summed E-state index contributed by atoms with van der Waals surface area (Å²) in [6.45, 7) is 1.95. The van der Waals surface area contributed by atoms with Gasteiger partial charge in [-0.05, 0) is 24.6 Å². The van der Waals surface area contributed by atoms with Crippen LogP contribution in [0.3, 0.4) is 0 Å². The van der Waals surface area contributed by atoms with Crippen molar-refractivity contribution in [1.29, 1.82) is 0 Å². The van der Waals surface area contributed by atoms with Gasteiger partial charge < -0.3 is 20.3 Å². The molecule has 0 unspecified atom stereocenters. The minimum absolute atomic E-state index is 0.312. The molecule has 3 rings (SSSR count). The maximum absolute atomic E-state index is 11.8. The van der Waals surface area contributed by atoms with Crippen molar-refractivity contribution in [2.75, 3.05) is 31.6 Å². The number of nitrogens with zero attached hydrogens (tertiary/aromatic N) is 2. The van der Waals surface area contributed by atoms with E-state index < -0.39 is 0 Å². The molecule has 22 heavy (non-hydrogen) atoms. The molecular weight excluding hydrogens is 286 g/mol. The zero-order valence-electron chi connectivity index (χ0n) is 12.0. The van der Waals surface area contributed by atoms with E-state index in [-0.39, 0.29) is 12.1 Å². The number of carbonyl (C=O) groups is 2. The molecule has 3 N–H and O–H groups in total. The molecule has 0 bridgehead atoms. The summed E-state index contributed by atoms with van der Waals surface area (Å²) in [4.78, 5) is 24.8. The topological polar surface area (TPSA) is 99.4 Å². The smallest absolute Gasteiger partial charge is 0.409 e. The molecule has 8 nitrogen and oxygen atoms in total. The third-order valence-electron chi connectivity index (χ3n) is 3.42. The number of aromatic amines is 1. The lowest BCUT2D eigenvalue weighted by Crippen LogP contribution is -2.43. The van der Waals surface area contributed by atoms with E-state index in [1.165, 1.54) is 0 Å². The van der Waals surface area contributed by atoms with Crippen LogP contribution in [0.4, 0.5) is 15.3 Å². The molecule has 0 atom stereocenters. The Bertz CT molecular complexity index is 684. The predicted molar refractivity (Wildman–Crippen MR) is 80.7 cm³/mol. The summed E-state index contributed by atoms with van der Waals surface area (Å²) in [5.41, 5.74) is 1.60. The average molecular weight is 303 g/mol. The number of aromatic nitrogens is 2. The molecule has 8 heteroatoms. The van der Waals surface area contributed by atoms with Crippen molar-refractivity contribution < 1.29 is 14.3 Å². The summed E-state index contributed by atoms with van der Waals surface area (Å²) in [7, 11) is 0. The van der Waals surface area contributed by atoms with Gasteiger partial charge in [-0.1, -0.05) is 0 Å². The molecule has 1 aliphatic rings. The van der Waals surface area contributed by atoms with Crippen molar-refractivity contribution in [3.63, 3.8) is 0 Å². The molecule has 0 radical (unpaired) electrons. The van der Waals surface area contributed by atoms with Gasteiger partial charge >= 0.3 is 12.1 Å². The second kappa shape index (κ2) is 6.33. The third kappa shape index (κ3) is 3.27. The highest BCUT2D eigenvalue weighted by Gasteiger charge is 2.18. The van der Waals surface area contributed by atoms with Gasteiger partial charge in [0.1, 0.15) is 0 Å². The van der Waals surface area contributed by atoms with Crippen molar-refractivity contribution in [1.82, 2.24) is 20.4 Å². The van der Waals surface area contributed by atoms with E-state index >= 15 is 0 Å². The number of rotatable bonds is 4. The van der Waals surface area contributed by atoms with E-state index in [1.54, 1.807) is 17.2 Å². The average Bonchev–Trinajstić information content (AvgIpc) is 2.97.